The zero-order chi connectivity index (χ0) is 22.2. The Kier molecular flexibility index (Phi) is 4.13. The number of aromatic nitrogens is 4. The van der Waals surface area contributed by atoms with Gasteiger partial charge in [0.05, 0.1) is 33.1 Å². The van der Waals surface area contributed by atoms with Gasteiger partial charge in [-0.05, 0) is 36.4 Å². The molecule has 0 bridgehead atoms. The van der Waals surface area contributed by atoms with E-state index < -0.39 is 0 Å². The molecule has 8 heteroatoms. The molecule has 0 fully saturated rings. The number of fused-ring (bicyclic) bond motifs is 7. The van der Waals surface area contributed by atoms with Crippen LogP contribution in [0.15, 0.2) is 48.8 Å². The van der Waals surface area contributed by atoms with E-state index in [-0.39, 0.29) is 32.6 Å². The number of rotatable bonds is 0. The topological polar surface area (TPSA) is 147 Å². The van der Waals surface area contributed by atoms with E-state index in [9.17, 15) is 21.0 Å². The summed E-state index contributed by atoms with van der Waals surface area (Å²) in [5, 5.41) is 39.8. The van der Waals surface area contributed by atoms with Crippen molar-refractivity contribution in [2.45, 2.75) is 0 Å². The molecule has 3 aromatic heterocycles. The first kappa shape index (κ1) is 18.6. The van der Waals surface area contributed by atoms with Crippen LogP contribution in [0.5, 0.6) is 0 Å². The van der Waals surface area contributed by atoms with Crippen molar-refractivity contribution in [2.24, 2.45) is 0 Å². The molecular formula is C24H8N8. The number of hydrogen-bond acceptors (Lipinski definition) is 8. The molecule has 3 heterocycles. The Labute approximate surface area is 179 Å². The molecule has 0 radical (unpaired) electrons. The first-order valence-corrected chi connectivity index (χ1v) is 9.32. The van der Waals surface area contributed by atoms with Gasteiger partial charge in [0, 0.05) is 33.6 Å². The molecule has 0 aliphatic heterocycles. The van der Waals surface area contributed by atoms with E-state index in [1.54, 1.807) is 24.5 Å². The first-order valence-electron chi connectivity index (χ1n) is 9.32. The number of nitrogens with zero attached hydrogens (tertiary/aromatic N) is 8. The summed E-state index contributed by atoms with van der Waals surface area (Å²) in [6.45, 7) is 0. The van der Waals surface area contributed by atoms with E-state index >= 15 is 0 Å². The van der Waals surface area contributed by atoms with Gasteiger partial charge < -0.3 is 0 Å². The van der Waals surface area contributed by atoms with Crippen molar-refractivity contribution in [3.63, 3.8) is 0 Å². The third kappa shape index (κ3) is 2.52. The van der Waals surface area contributed by atoms with E-state index in [0.717, 1.165) is 0 Å². The van der Waals surface area contributed by atoms with Crippen molar-refractivity contribution < 1.29 is 0 Å². The summed E-state index contributed by atoms with van der Waals surface area (Å²) in [7, 11) is 0. The van der Waals surface area contributed by atoms with Gasteiger partial charge in [0.25, 0.3) is 0 Å². The van der Waals surface area contributed by atoms with Gasteiger partial charge in [0.2, 0.25) is 0 Å². The molecule has 0 atom stereocenters. The zero-order valence-electron chi connectivity index (χ0n) is 16.2. The molecule has 0 N–H and O–H groups in total. The van der Waals surface area contributed by atoms with Gasteiger partial charge in [-0.15, -0.1) is 0 Å². The maximum Gasteiger partial charge on any atom is 0.139 e. The number of nitriles is 4. The fourth-order valence-electron chi connectivity index (χ4n) is 3.78. The van der Waals surface area contributed by atoms with Crippen LogP contribution in [0.25, 0.3) is 55.0 Å². The van der Waals surface area contributed by atoms with Crippen LogP contribution in [0.1, 0.15) is 0 Å². The van der Waals surface area contributed by atoms with Crippen LogP contribution < -0.4 is 10.4 Å². The summed E-state index contributed by atoms with van der Waals surface area (Å²) in [6.07, 6.45) is 3.33. The molecule has 0 unspecified atom stereocenters. The molecule has 0 aliphatic carbocycles. The van der Waals surface area contributed by atoms with Gasteiger partial charge in [-0.2, -0.15) is 21.0 Å². The van der Waals surface area contributed by atoms with Gasteiger partial charge in [-0.25, -0.2) is 9.97 Å². The minimum absolute atomic E-state index is 0.143. The van der Waals surface area contributed by atoms with Crippen LogP contribution in [0.2, 0.25) is 0 Å². The van der Waals surface area contributed by atoms with E-state index in [1.807, 2.05) is 36.4 Å². The van der Waals surface area contributed by atoms with Crippen LogP contribution in [0, 0.1) is 45.3 Å². The second-order valence-electron chi connectivity index (χ2n) is 6.78. The lowest BCUT2D eigenvalue weighted by atomic mass is 10.0. The second kappa shape index (κ2) is 7.11. The normalized spacial score (nSPS) is 10.4. The first-order chi connectivity index (χ1) is 15.7. The van der Waals surface area contributed by atoms with Crippen molar-refractivity contribution in [1.82, 2.24) is 19.9 Å². The maximum absolute atomic E-state index is 9.45. The summed E-state index contributed by atoms with van der Waals surface area (Å²) < 4.78 is 0. The Morgan fingerprint density at radius 3 is 1.31 bits per heavy atom. The molecule has 0 aliphatic rings. The average Bonchev–Trinajstić information content (AvgIpc) is 2.85. The van der Waals surface area contributed by atoms with Crippen LogP contribution in [-0.4, -0.2) is 19.9 Å². The molecule has 0 amide bonds. The van der Waals surface area contributed by atoms with E-state index in [0.29, 0.717) is 32.8 Å². The Hall–Kier alpha value is -5.44. The molecule has 5 rings (SSSR count). The summed E-state index contributed by atoms with van der Waals surface area (Å²) in [4.78, 5) is 18.5. The van der Waals surface area contributed by atoms with Gasteiger partial charge >= 0.3 is 0 Å². The van der Waals surface area contributed by atoms with Gasteiger partial charge in [0.1, 0.15) is 35.4 Å². The highest BCUT2D eigenvalue weighted by Gasteiger charge is 2.16. The molecule has 0 saturated carbocycles. The van der Waals surface area contributed by atoms with Crippen LogP contribution in [-0.2, 0) is 0 Å². The van der Waals surface area contributed by atoms with Crippen LogP contribution >= 0.6 is 0 Å². The van der Waals surface area contributed by atoms with E-state index in [4.69, 9.17) is 9.97 Å². The van der Waals surface area contributed by atoms with Crippen LogP contribution in [0.4, 0.5) is 0 Å². The summed E-state index contributed by atoms with van der Waals surface area (Å²) in [5.74, 6) is 0. The number of benzene rings is 2. The average molecular weight is 408 g/mol. The lowest BCUT2D eigenvalue weighted by Crippen LogP contribution is -2.18. The standard InChI is InChI=1S/C24H8N8/c25-9-13(10-26)15-5-6-16(14(11-27)12-28)22-21(15)31-23-17-3-1-7-29-19(17)20-18(24(23)32-22)4-2-8-30-20/h1-8H. The molecule has 2 aromatic carbocycles. The second-order valence-corrected chi connectivity index (χ2v) is 6.78. The van der Waals surface area contributed by atoms with Crippen molar-refractivity contribution in [1.29, 1.82) is 21.0 Å². The third-order valence-corrected chi connectivity index (χ3v) is 5.16. The highest BCUT2D eigenvalue weighted by Crippen LogP contribution is 2.30. The third-order valence-electron chi connectivity index (χ3n) is 5.16. The molecule has 0 saturated heterocycles. The Bertz CT molecular complexity index is 1750. The number of hydrogen-bond donors (Lipinski definition) is 0. The van der Waals surface area contributed by atoms with E-state index in [1.165, 1.54) is 12.1 Å². The minimum Gasteiger partial charge on any atom is -0.254 e. The SMILES string of the molecule is N#CC(C#N)=c1ccc(=C(C#N)C#N)c2nc3c4cccnc4c4ncccc4c3nc12. The molecule has 5 aromatic rings. The van der Waals surface area contributed by atoms with Crippen LogP contribution in [0.3, 0.4) is 0 Å². The predicted octanol–water partition coefficient (Wildman–Crippen LogP) is 2.28. The minimum atomic E-state index is -0.143. The lowest BCUT2D eigenvalue weighted by molar-refractivity contribution is 1.34. The molecular weight excluding hydrogens is 400 g/mol. The molecule has 32 heavy (non-hydrogen) atoms. The maximum atomic E-state index is 9.45. The largest absolute Gasteiger partial charge is 0.254 e. The molecule has 0 spiro atoms. The highest BCUT2D eigenvalue weighted by molar-refractivity contribution is 6.21. The monoisotopic (exact) mass is 408 g/mol. The Balaban J connectivity index is 2.22. The molecule has 144 valence electrons. The summed E-state index contributed by atoms with van der Waals surface area (Å²) in [5.41, 5.74) is 2.55. The zero-order valence-corrected chi connectivity index (χ0v) is 16.2. The fraction of sp³-hybridized carbons (Fsp3) is 0. The van der Waals surface area contributed by atoms with Crippen molar-refractivity contribution in [3.8, 4) is 24.3 Å². The van der Waals surface area contributed by atoms with E-state index in [2.05, 4.69) is 9.97 Å². The fourth-order valence-corrected chi connectivity index (χ4v) is 3.78. The predicted molar refractivity (Wildman–Crippen MR) is 116 cm³/mol. The Morgan fingerprint density at radius 2 is 0.938 bits per heavy atom. The van der Waals surface area contributed by atoms with Crippen molar-refractivity contribution in [2.75, 3.05) is 0 Å². The van der Waals surface area contributed by atoms with Gasteiger partial charge in [-0.3, -0.25) is 9.97 Å². The summed E-state index contributed by atoms with van der Waals surface area (Å²) >= 11 is 0. The quantitative estimate of drug-likeness (QED) is 0.280. The van der Waals surface area contributed by atoms with Crippen molar-refractivity contribution >= 4 is 55.0 Å². The van der Waals surface area contributed by atoms with Gasteiger partial charge in [0.15, 0.2) is 0 Å². The smallest absolute Gasteiger partial charge is 0.139 e. The lowest BCUT2D eigenvalue weighted by Gasteiger charge is -2.09. The highest BCUT2D eigenvalue weighted by atomic mass is 14.8. The molecule has 8 nitrogen and oxygen atoms in total. The van der Waals surface area contributed by atoms with Crippen molar-refractivity contribution in [3.05, 3.63) is 59.2 Å². The summed E-state index contributed by atoms with van der Waals surface area (Å²) in [6, 6.07) is 17.8. The Morgan fingerprint density at radius 1 is 0.531 bits per heavy atom. The van der Waals surface area contributed by atoms with Gasteiger partial charge in [-0.1, -0.05) is 0 Å². The number of pyridine rings is 2.